The zero-order valence-electron chi connectivity index (χ0n) is 17.4. The van der Waals surface area contributed by atoms with E-state index < -0.39 is 0 Å². The molecule has 1 N–H and O–H groups in total. The topological polar surface area (TPSA) is 63.4 Å². The van der Waals surface area contributed by atoms with Gasteiger partial charge >= 0.3 is 0 Å². The molecule has 2 unspecified atom stereocenters. The van der Waals surface area contributed by atoms with Crippen LogP contribution in [0.4, 0.5) is 0 Å². The molecule has 0 spiro atoms. The molecule has 3 rings (SSSR count). The number of hydrogen-bond acceptors (Lipinski definition) is 6. The van der Waals surface area contributed by atoms with Gasteiger partial charge in [0.15, 0.2) is 5.82 Å². The summed E-state index contributed by atoms with van der Waals surface area (Å²) in [6, 6.07) is 9.24. The van der Waals surface area contributed by atoms with Gasteiger partial charge in [-0.3, -0.25) is 4.90 Å². The van der Waals surface area contributed by atoms with Crippen molar-refractivity contribution in [2.45, 2.75) is 52.8 Å². The van der Waals surface area contributed by atoms with E-state index in [0.717, 1.165) is 26.1 Å². The van der Waals surface area contributed by atoms with Gasteiger partial charge in [-0.2, -0.15) is 4.98 Å². The van der Waals surface area contributed by atoms with Gasteiger partial charge in [0.1, 0.15) is 6.10 Å². The molecule has 1 fully saturated rings. The standard InChI is InChI=1S/C21H32N4O2.ClH/c1-5-17-6-8-18(9-7-17)19-12-22-10-11-25(19)13-20-23-21(24-27-20)16(4)26-14-15(2)3;/h6-9,15-16,19,22H,5,10-14H2,1-4H3;1H. The van der Waals surface area contributed by atoms with E-state index in [1.165, 1.54) is 11.1 Å². The number of rotatable bonds is 8. The molecule has 0 radical (unpaired) electrons. The summed E-state index contributed by atoms with van der Waals surface area (Å²) >= 11 is 0. The van der Waals surface area contributed by atoms with Crippen molar-refractivity contribution in [2.24, 2.45) is 5.92 Å². The Morgan fingerprint density at radius 2 is 2.00 bits per heavy atom. The normalized spacial score (nSPS) is 18.8. The van der Waals surface area contributed by atoms with Gasteiger partial charge < -0.3 is 14.6 Å². The lowest BCUT2D eigenvalue weighted by atomic mass is 10.0. The SMILES string of the molecule is CCc1ccc(C2CNCCN2Cc2nc(C(C)OCC(C)C)no2)cc1.Cl. The van der Waals surface area contributed by atoms with Crippen LogP contribution in [0.5, 0.6) is 0 Å². The maximum absolute atomic E-state index is 5.80. The van der Waals surface area contributed by atoms with Crippen LogP contribution in [0, 0.1) is 5.92 Å². The van der Waals surface area contributed by atoms with E-state index in [0.29, 0.717) is 36.8 Å². The number of aromatic nitrogens is 2. The van der Waals surface area contributed by atoms with Crippen LogP contribution in [-0.4, -0.2) is 41.3 Å². The molecule has 2 heterocycles. The minimum absolute atomic E-state index is 0. The van der Waals surface area contributed by atoms with E-state index in [1.807, 2.05) is 6.92 Å². The highest BCUT2D eigenvalue weighted by Crippen LogP contribution is 2.25. The molecule has 28 heavy (non-hydrogen) atoms. The predicted octanol–water partition coefficient (Wildman–Crippen LogP) is 3.93. The molecule has 1 aromatic carbocycles. The zero-order valence-corrected chi connectivity index (χ0v) is 18.2. The zero-order chi connectivity index (χ0) is 19.2. The second kappa shape index (κ2) is 10.9. The fraction of sp³-hybridized carbons (Fsp3) is 0.619. The maximum Gasteiger partial charge on any atom is 0.240 e. The van der Waals surface area contributed by atoms with Gasteiger partial charge in [0.25, 0.3) is 0 Å². The molecular formula is C21H33ClN4O2. The molecule has 1 aromatic heterocycles. The first-order valence-corrected chi connectivity index (χ1v) is 10.0. The first-order valence-electron chi connectivity index (χ1n) is 10.0. The van der Waals surface area contributed by atoms with E-state index in [-0.39, 0.29) is 18.5 Å². The second-order valence-electron chi connectivity index (χ2n) is 7.70. The van der Waals surface area contributed by atoms with E-state index in [9.17, 15) is 0 Å². The lowest BCUT2D eigenvalue weighted by molar-refractivity contribution is 0.0402. The Bertz CT molecular complexity index is 705. The van der Waals surface area contributed by atoms with Crippen LogP contribution in [0.25, 0.3) is 0 Å². The van der Waals surface area contributed by atoms with Crippen molar-refractivity contribution in [3.63, 3.8) is 0 Å². The minimum atomic E-state index is -0.148. The number of piperazine rings is 1. The lowest BCUT2D eigenvalue weighted by Gasteiger charge is -2.35. The van der Waals surface area contributed by atoms with Gasteiger partial charge in [0, 0.05) is 32.3 Å². The molecule has 1 saturated heterocycles. The van der Waals surface area contributed by atoms with E-state index in [2.05, 4.69) is 65.4 Å². The van der Waals surface area contributed by atoms with Crippen LogP contribution < -0.4 is 5.32 Å². The molecular weight excluding hydrogens is 376 g/mol. The Morgan fingerprint density at radius 1 is 1.25 bits per heavy atom. The Kier molecular flexibility index (Phi) is 8.89. The fourth-order valence-corrected chi connectivity index (χ4v) is 3.32. The Hall–Kier alpha value is -1.47. The monoisotopic (exact) mass is 408 g/mol. The van der Waals surface area contributed by atoms with Gasteiger partial charge in [0.2, 0.25) is 5.89 Å². The molecule has 0 amide bonds. The third-order valence-electron chi connectivity index (χ3n) is 4.99. The van der Waals surface area contributed by atoms with Crippen LogP contribution in [0.15, 0.2) is 28.8 Å². The van der Waals surface area contributed by atoms with Crippen LogP contribution in [0.1, 0.15) is 62.7 Å². The quantitative estimate of drug-likeness (QED) is 0.713. The molecule has 0 bridgehead atoms. The number of nitrogens with one attached hydrogen (secondary N) is 1. The number of ether oxygens (including phenoxy) is 1. The summed E-state index contributed by atoms with van der Waals surface area (Å²) in [5, 5.41) is 7.63. The minimum Gasteiger partial charge on any atom is -0.370 e. The third kappa shape index (κ3) is 6.01. The summed E-state index contributed by atoms with van der Waals surface area (Å²) in [6.07, 6.45) is 0.916. The van der Waals surface area contributed by atoms with Gasteiger partial charge in [0.05, 0.1) is 6.54 Å². The molecule has 2 atom stereocenters. The van der Waals surface area contributed by atoms with Gasteiger partial charge in [-0.25, -0.2) is 0 Å². The van der Waals surface area contributed by atoms with E-state index in [1.54, 1.807) is 0 Å². The number of nitrogens with zero attached hydrogens (tertiary/aromatic N) is 3. The molecule has 1 aliphatic rings. The third-order valence-corrected chi connectivity index (χ3v) is 4.99. The van der Waals surface area contributed by atoms with Crippen LogP contribution in [-0.2, 0) is 17.7 Å². The summed E-state index contributed by atoms with van der Waals surface area (Å²) in [5.74, 6) is 1.77. The average Bonchev–Trinajstić information content (AvgIpc) is 3.15. The van der Waals surface area contributed by atoms with Crippen LogP contribution in [0.3, 0.4) is 0 Å². The number of hydrogen-bond donors (Lipinski definition) is 1. The first-order chi connectivity index (χ1) is 13.1. The van der Waals surface area contributed by atoms with Crippen LogP contribution >= 0.6 is 12.4 Å². The number of benzene rings is 1. The Balaban J connectivity index is 0.00000280. The van der Waals surface area contributed by atoms with Crippen molar-refractivity contribution in [1.82, 2.24) is 20.4 Å². The van der Waals surface area contributed by atoms with E-state index >= 15 is 0 Å². The van der Waals surface area contributed by atoms with E-state index in [4.69, 9.17) is 9.26 Å². The molecule has 7 heteroatoms. The predicted molar refractivity (Wildman–Crippen MR) is 113 cm³/mol. The van der Waals surface area contributed by atoms with Crippen molar-refractivity contribution >= 4 is 12.4 Å². The van der Waals surface area contributed by atoms with Gasteiger partial charge in [-0.15, -0.1) is 12.4 Å². The molecule has 1 aliphatic heterocycles. The molecule has 156 valence electrons. The fourth-order valence-electron chi connectivity index (χ4n) is 3.32. The van der Waals surface area contributed by atoms with Crippen molar-refractivity contribution < 1.29 is 9.26 Å². The smallest absolute Gasteiger partial charge is 0.240 e. The van der Waals surface area contributed by atoms with Crippen molar-refractivity contribution in [2.75, 3.05) is 26.2 Å². The molecule has 0 aliphatic carbocycles. The van der Waals surface area contributed by atoms with Gasteiger partial charge in [-0.1, -0.05) is 50.2 Å². The highest BCUT2D eigenvalue weighted by Gasteiger charge is 2.26. The second-order valence-corrected chi connectivity index (χ2v) is 7.70. The molecule has 6 nitrogen and oxygen atoms in total. The summed E-state index contributed by atoms with van der Waals surface area (Å²) in [6.45, 7) is 12.6. The van der Waals surface area contributed by atoms with Crippen molar-refractivity contribution in [3.05, 3.63) is 47.1 Å². The Morgan fingerprint density at radius 3 is 2.68 bits per heavy atom. The summed E-state index contributed by atoms with van der Waals surface area (Å²) in [5.41, 5.74) is 2.69. The molecule has 0 saturated carbocycles. The van der Waals surface area contributed by atoms with Crippen molar-refractivity contribution in [1.29, 1.82) is 0 Å². The summed E-state index contributed by atoms with van der Waals surface area (Å²) < 4.78 is 11.3. The number of aryl methyl sites for hydroxylation is 1. The average molecular weight is 409 g/mol. The summed E-state index contributed by atoms with van der Waals surface area (Å²) in [4.78, 5) is 6.98. The Labute approximate surface area is 174 Å². The van der Waals surface area contributed by atoms with Crippen LogP contribution in [0.2, 0.25) is 0 Å². The number of halogens is 1. The van der Waals surface area contributed by atoms with Crippen molar-refractivity contribution in [3.8, 4) is 0 Å². The molecule has 2 aromatic rings. The summed E-state index contributed by atoms with van der Waals surface area (Å²) in [7, 11) is 0. The van der Waals surface area contributed by atoms with Gasteiger partial charge in [-0.05, 0) is 30.4 Å². The first kappa shape index (κ1) is 22.8. The lowest BCUT2D eigenvalue weighted by Crippen LogP contribution is -2.45. The maximum atomic E-state index is 5.80. The highest BCUT2D eigenvalue weighted by atomic mass is 35.5. The largest absolute Gasteiger partial charge is 0.370 e. The highest BCUT2D eigenvalue weighted by molar-refractivity contribution is 5.85.